The molecule has 0 saturated carbocycles. The van der Waals surface area contributed by atoms with E-state index in [9.17, 15) is 28.1 Å². The van der Waals surface area contributed by atoms with Crippen LogP contribution in [0.3, 0.4) is 0 Å². The molecule has 2 atom stereocenters. The fraction of sp³-hybridized carbons (Fsp3) is 0.529. The van der Waals surface area contributed by atoms with Gasteiger partial charge in [0.2, 0.25) is 0 Å². The van der Waals surface area contributed by atoms with E-state index in [0.29, 0.717) is 12.1 Å². The van der Waals surface area contributed by atoms with Crippen LogP contribution in [-0.4, -0.2) is 67.4 Å². The predicted molar refractivity (Wildman–Crippen MR) is 102 cm³/mol. The first-order chi connectivity index (χ1) is 13.1. The van der Waals surface area contributed by atoms with E-state index in [0.717, 1.165) is 6.07 Å². The van der Waals surface area contributed by atoms with E-state index >= 15 is 0 Å². The number of anilines is 1. The number of nitrogens with one attached hydrogen (secondary N) is 1. The highest BCUT2D eigenvalue weighted by Gasteiger charge is 2.36. The lowest BCUT2D eigenvalue weighted by Crippen LogP contribution is -2.46. The third kappa shape index (κ3) is 4.77. The molecule has 1 N–H and O–H groups in total. The molecular weight excluding hydrogens is 390 g/mol. The molecule has 154 valence electrons. The lowest BCUT2D eigenvalue weighted by Gasteiger charge is -2.29. The largest absolute Gasteiger partial charge is 0.449 e. The zero-order valence-corrected chi connectivity index (χ0v) is 16.7. The van der Waals surface area contributed by atoms with E-state index in [1.54, 1.807) is 14.0 Å². The second kappa shape index (κ2) is 8.55. The first kappa shape index (κ1) is 21.6. The Morgan fingerprint density at radius 3 is 2.61 bits per heavy atom. The number of ether oxygens (including phenoxy) is 1. The van der Waals surface area contributed by atoms with Gasteiger partial charge in [-0.15, -0.1) is 0 Å². The zero-order chi connectivity index (χ0) is 21.1. The van der Waals surface area contributed by atoms with E-state index < -0.39 is 38.8 Å². The molecule has 1 aromatic carbocycles. The third-order valence-corrected chi connectivity index (χ3v) is 6.36. The summed E-state index contributed by atoms with van der Waals surface area (Å²) < 4.78 is 28.6. The minimum atomic E-state index is -3.17. The van der Waals surface area contributed by atoms with Crippen LogP contribution >= 0.6 is 0 Å². The van der Waals surface area contributed by atoms with Crippen molar-refractivity contribution < 1.29 is 27.7 Å². The quantitative estimate of drug-likeness (QED) is 0.400. The Labute approximate surface area is 162 Å². The van der Waals surface area contributed by atoms with Gasteiger partial charge in [-0.3, -0.25) is 14.9 Å². The Balaban J connectivity index is 2.16. The maximum atomic E-state index is 12.7. The summed E-state index contributed by atoms with van der Waals surface area (Å²) in [5.41, 5.74) is -0.0244. The maximum absolute atomic E-state index is 12.7. The molecule has 10 nitrogen and oxygen atoms in total. The molecule has 1 amide bonds. The summed E-state index contributed by atoms with van der Waals surface area (Å²) in [7, 11) is -1.62. The average Bonchev–Trinajstić information content (AvgIpc) is 3.00. The van der Waals surface area contributed by atoms with Gasteiger partial charge in [0.15, 0.2) is 15.9 Å². The summed E-state index contributed by atoms with van der Waals surface area (Å²) >= 11 is 0. The van der Waals surface area contributed by atoms with Gasteiger partial charge in [-0.05, 0) is 26.3 Å². The average molecular weight is 413 g/mol. The van der Waals surface area contributed by atoms with E-state index in [4.69, 9.17) is 4.74 Å². The summed E-state index contributed by atoms with van der Waals surface area (Å²) in [4.78, 5) is 36.9. The summed E-state index contributed by atoms with van der Waals surface area (Å²) in [6.45, 7) is 3.39. The molecule has 11 heteroatoms. The fourth-order valence-corrected chi connectivity index (χ4v) is 4.89. The van der Waals surface area contributed by atoms with Gasteiger partial charge in [-0.25, -0.2) is 13.2 Å². The van der Waals surface area contributed by atoms with Gasteiger partial charge in [0.05, 0.1) is 22.0 Å². The normalized spacial score (nSPS) is 18.9. The second-order valence-corrected chi connectivity index (χ2v) is 8.69. The van der Waals surface area contributed by atoms with E-state index in [2.05, 4.69) is 5.32 Å². The van der Waals surface area contributed by atoms with E-state index in [1.807, 2.05) is 0 Å². The molecule has 1 aromatic rings. The lowest BCUT2D eigenvalue weighted by molar-refractivity contribution is -0.384. The summed E-state index contributed by atoms with van der Waals surface area (Å²) in [6, 6.07) is 3.25. The van der Waals surface area contributed by atoms with Crippen LogP contribution in [0.15, 0.2) is 18.2 Å². The Morgan fingerprint density at radius 2 is 2.11 bits per heavy atom. The van der Waals surface area contributed by atoms with Gasteiger partial charge < -0.3 is 15.0 Å². The van der Waals surface area contributed by atoms with Crippen molar-refractivity contribution in [2.45, 2.75) is 32.4 Å². The molecule has 0 aliphatic carbocycles. The number of carbonyl (C=O) groups excluding carboxylic acids is 2. The molecule has 1 aliphatic rings. The zero-order valence-electron chi connectivity index (χ0n) is 15.9. The number of esters is 1. The number of benzene rings is 1. The molecule has 28 heavy (non-hydrogen) atoms. The predicted octanol–water partition coefficient (Wildman–Crippen LogP) is 1.22. The Morgan fingerprint density at radius 1 is 1.43 bits per heavy atom. The fourth-order valence-electron chi connectivity index (χ4n) is 3.16. The van der Waals surface area contributed by atoms with Crippen LogP contribution in [0.25, 0.3) is 0 Å². The van der Waals surface area contributed by atoms with Gasteiger partial charge in [0.25, 0.3) is 11.6 Å². The number of hydrogen-bond donors (Lipinski definition) is 1. The van der Waals surface area contributed by atoms with E-state index in [1.165, 1.54) is 24.0 Å². The van der Waals surface area contributed by atoms with Crippen LogP contribution < -0.4 is 5.32 Å². The van der Waals surface area contributed by atoms with Crippen LogP contribution in [0.2, 0.25) is 0 Å². The highest BCUT2D eigenvalue weighted by molar-refractivity contribution is 7.91. The third-order valence-electron chi connectivity index (χ3n) is 4.61. The first-order valence-electron chi connectivity index (χ1n) is 8.77. The number of sulfone groups is 1. The summed E-state index contributed by atoms with van der Waals surface area (Å²) in [5.74, 6) is -1.48. The van der Waals surface area contributed by atoms with Crippen molar-refractivity contribution in [3.8, 4) is 0 Å². The Bertz CT molecular complexity index is 885. The Hall–Kier alpha value is -2.69. The standard InChI is InChI=1S/C17H23N3O7S/c1-4-19(13-7-8-28(25,26)10-13)16(21)11(2)27-17(22)14-9-12(20(23)24)5-6-15(14)18-3/h5-6,9,11,13,18H,4,7-8,10H2,1-3H3. The number of carbonyl (C=O) groups is 2. The van der Waals surface area contributed by atoms with Crippen LogP contribution in [-0.2, 0) is 19.4 Å². The molecule has 1 fully saturated rings. The molecule has 0 spiro atoms. The molecule has 0 bridgehead atoms. The smallest absolute Gasteiger partial charge is 0.341 e. The van der Waals surface area contributed by atoms with Crippen LogP contribution in [0, 0.1) is 10.1 Å². The van der Waals surface area contributed by atoms with Crippen molar-refractivity contribution in [2.75, 3.05) is 30.4 Å². The molecule has 0 radical (unpaired) electrons. The van der Waals surface area contributed by atoms with Crippen molar-refractivity contribution in [2.24, 2.45) is 0 Å². The molecular formula is C17H23N3O7S. The molecule has 1 saturated heterocycles. The number of hydrogen-bond acceptors (Lipinski definition) is 8. The number of rotatable bonds is 7. The number of nitro benzene ring substituents is 1. The SMILES string of the molecule is CCN(C(=O)C(C)OC(=O)c1cc([N+](=O)[O-])ccc1NC)C1CCS(=O)(=O)C1. The Kier molecular flexibility index (Phi) is 6.60. The number of likely N-dealkylation sites (N-methyl/N-ethyl adjacent to an activating group) is 1. The minimum Gasteiger partial charge on any atom is -0.449 e. The molecule has 2 unspecified atom stereocenters. The number of non-ortho nitro benzene ring substituents is 1. The van der Waals surface area contributed by atoms with E-state index in [-0.39, 0.29) is 29.3 Å². The highest BCUT2D eigenvalue weighted by Crippen LogP contribution is 2.24. The molecule has 1 heterocycles. The van der Waals surface area contributed by atoms with Gasteiger partial charge in [0, 0.05) is 37.5 Å². The van der Waals surface area contributed by atoms with Crippen molar-refractivity contribution in [1.82, 2.24) is 4.90 Å². The van der Waals surface area contributed by atoms with Crippen molar-refractivity contribution >= 4 is 33.1 Å². The minimum absolute atomic E-state index is 0.0226. The van der Waals surface area contributed by atoms with Crippen molar-refractivity contribution in [3.63, 3.8) is 0 Å². The van der Waals surface area contributed by atoms with Crippen molar-refractivity contribution in [3.05, 3.63) is 33.9 Å². The monoisotopic (exact) mass is 413 g/mol. The second-order valence-electron chi connectivity index (χ2n) is 6.47. The van der Waals surface area contributed by atoms with Gasteiger partial charge in [-0.2, -0.15) is 0 Å². The first-order valence-corrected chi connectivity index (χ1v) is 10.6. The molecule has 2 rings (SSSR count). The number of nitro groups is 1. The number of nitrogens with zero attached hydrogens (tertiary/aromatic N) is 2. The van der Waals surface area contributed by atoms with Gasteiger partial charge >= 0.3 is 5.97 Å². The van der Waals surface area contributed by atoms with Crippen LogP contribution in [0.4, 0.5) is 11.4 Å². The molecule has 0 aromatic heterocycles. The molecule has 1 aliphatic heterocycles. The summed E-state index contributed by atoms with van der Waals surface area (Å²) in [5, 5.41) is 13.7. The van der Waals surface area contributed by atoms with Gasteiger partial charge in [-0.1, -0.05) is 0 Å². The maximum Gasteiger partial charge on any atom is 0.341 e. The number of amides is 1. The van der Waals surface area contributed by atoms with Crippen LogP contribution in [0.5, 0.6) is 0 Å². The lowest BCUT2D eigenvalue weighted by atomic mass is 10.1. The topological polar surface area (TPSA) is 136 Å². The summed E-state index contributed by atoms with van der Waals surface area (Å²) in [6.07, 6.45) is -0.822. The highest BCUT2D eigenvalue weighted by atomic mass is 32.2. The van der Waals surface area contributed by atoms with Crippen LogP contribution in [0.1, 0.15) is 30.6 Å². The van der Waals surface area contributed by atoms with Crippen molar-refractivity contribution in [1.29, 1.82) is 0 Å². The van der Waals surface area contributed by atoms with Gasteiger partial charge in [0.1, 0.15) is 0 Å².